The number of Topliss-reactive ketones (excluding diaryl/α,β-unsaturated/α-hetero) is 1. The van der Waals surface area contributed by atoms with E-state index < -0.39 is 0 Å². The maximum atomic E-state index is 12.1. The van der Waals surface area contributed by atoms with Crippen LogP contribution in [0.5, 0.6) is 0 Å². The molecule has 2 atom stereocenters. The molecule has 1 heterocycles. The Labute approximate surface area is 100 Å². The molecule has 0 N–H and O–H groups in total. The summed E-state index contributed by atoms with van der Waals surface area (Å²) in [6.45, 7) is 2.00. The first-order chi connectivity index (χ1) is 7.75. The Morgan fingerprint density at radius 3 is 2.69 bits per heavy atom. The third kappa shape index (κ3) is 1.81. The van der Waals surface area contributed by atoms with Gasteiger partial charge in [0.2, 0.25) is 0 Å². The maximum absolute atomic E-state index is 12.1. The highest BCUT2D eigenvalue weighted by Gasteiger charge is 2.53. The molecule has 0 saturated heterocycles. The number of carbonyl (C=O) groups is 1. The lowest BCUT2D eigenvalue weighted by Crippen LogP contribution is -2.07. The van der Waals surface area contributed by atoms with Crippen LogP contribution < -0.4 is 0 Å². The molecule has 0 amide bonds. The normalized spacial score (nSPS) is 32.2. The molecule has 16 heavy (non-hydrogen) atoms. The predicted molar refractivity (Wildman–Crippen MR) is 64.5 cm³/mol. The zero-order valence-electron chi connectivity index (χ0n) is 9.61. The van der Waals surface area contributed by atoms with Crippen LogP contribution in [0, 0.1) is 24.7 Å². The van der Waals surface area contributed by atoms with Crippen molar-refractivity contribution >= 4 is 17.1 Å². The van der Waals surface area contributed by atoms with E-state index in [4.69, 9.17) is 0 Å². The molecular weight excluding hydrogens is 218 g/mol. The van der Waals surface area contributed by atoms with Gasteiger partial charge in [-0.1, -0.05) is 12.8 Å². The molecule has 0 aromatic carbocycles. The van der Waals surface area contributed by atoms with E-state index in [0.717, 1.165) is 22.5 Å². The number of fused-ring (bicyclic) bond motifs is 1. The van der Waals surface area contributed by atoms with Crippen LogP contribution >= 0.6 is 11.3 Å². The van der Waals surface area contributed by atoms with Crippen molar-refractivity contribution in [3.63, 3.8) is 0 Å². The van der Waals surface area contributed by atoms with Crippen molar-refractivity contribution in [2.75, 3.05) is 0 Å². The number of aromatic nitrogens is 1. The third-order valence-corrected chi connectivity index (χ3v) is 4.87. The molecular formula is C13H17NOS. The second-order valence-corrected chi connectivity index (χ2v) is 6.20. The van der Waals surface area contributed by atoms with Gasteiger partial charge in [0.1, 0.15) is 5.78 Å². The van der Waals surface area contributed by atoms with Gasteiger partial charge in [0, 0.05) is 17.7 Å². The number of hydrogen-bond donors (Lipinski definition) is 0. The Balaban J connectivity index is 1.62. The van der Waals surface area contributed by atoms with Crippen LogP contribution in [0.1, 0.15) is 36.4 Å². The van der Waals surface area contributed by atoms with Gasteiger partial charge in [0.25, 0.3) is 0 Å². The molecule has 1 aromatic heterocycles. The van der Waals surface area contributed by atoms with Gasteiger partial charge in [-0.05, 0) is 31.6 Å². The van der Waals surface area contributed by atoms with Crippen molar-refractivity contribution in [3.05, 3.63) is 16.1 Å². The van der Waals surface area contributed by atoms with Crippen molar-refractivity contribution in [3.8, 4) is 0 Å². The molecule has 2 fully saturated rings. The van der Waals surface area contributed by atoms with E-state index in [9.17, 15) is 4.79 Å². The van der Waals surface area contributed by atoms with E-state index in [-0.39, 0.29) is 0 Å². The molecule has 0 aliphatic heterocycles. The van der Waals surface area contributed by atoms with E-state index in [2.05, 4.69) is 4.98 Å². The van der Waals surface area contributed by atoms with Crippen LogP contribution in [-0.4, -0.2) is 10.8 Å². The molecule has 2 unspecified atom stereocenters. The molecule has 2 nitrogen and oxygen atoms in total. The second kappa shape index (κ2) is 3.95. The molecule has 2 aliphatic rings. The maximum Gasteiger partial charge on any atom is 0.142 e. The number of nitrogens with zero attached hydrogens (tertiary/aromatic N) is 1. The Morgan fingerprint density at radius 2 is 2.12 bits per heavy atom. The molecule has 0 radical (unpaired) electrons. The first-order valence-electron chi connectivity index (χ1n) is 6.19. The number of rotatable bonds is 3. The van der Waals surface area contributed by atoms with E-state index in [1.807, 2.05) is 12.3 Å². The topological polar surface area (TPSA) is 30.0 Å². The third-order valence-electron chi connectivity index (χ3n) is 4.05. The lowest BCUT2D eigenvalue weighted by molar-refractivity contribution is -0.120. The average Bonchev–Trinajstić information content (AvgIpc) is 2.88. The minimum atomic E-state index is 0.393. The summed E-state index contributed by atoms with van der Waals surface area (Å²) in [7, 11) is 0. The van der Waals surface area contributed by atoms with Crippen molar-refractivity contribution in [1.29, 1.82) is 0 Å². The van der Waals surface area contributed by atoms with Gasteiger partial charge in [0.15, 0.2) is 0 Å². The number of carbonyl (C=O) groups excluding carboxylic acids is 1. The Bertz CT molecular complexity index is 400. The number of thiazole rings is 1. The average molecular weight is 235 g/mol. The van der Waals surface area contributed by atoms with Crippen LogP contribution in [0.25, 0.3) is 0 Å². The lowest BCUT2D eigenvalue weighted by Gasteiger charge is -2.04. The fraction of sp³-hybridized carbons (Fsp3) is 0.692. The van der Waals surface area contributed by atoms with Crippen molar-refractivity contribution in [2.45, 2.75) is 39.0 Å². The summed E-state index contributed by atoms with van der Waals surface area (Å²) < 4.78 is 0. The van der Waals surface area contributed by atoms with Gasteiger partial charge in [0.05, 0.1) is 10.7 Å². The SMILES string of the molecule is Cc1nc(CC(=O)C2C3CCCCC32)cs1. The first kappa shape index (κ1) is 10.5. The highest BCUT2D eigenvalue weighted by atomic mass is 32.1. The van der Waals surface area contributed by atoms with Gasteiger partial charge in [-0.15, -0.1) is 11.3 Å². The molecule has 3 heteroatoms. The summed E-state index contributed by atoms with van der Waals surface area (Å²) in [5.74, 6) is 2.31. The zero-order valence-corrected chi connectivity index (χ0v) is 10.4. The van der Waals surface area contributed by atoms with Crippen LogP contribution in [-0.2, 0) is 11.2 Å². The van der Waals surface area contributed by atoms with E-state index in [1.165, 1.54) is 25.7 Å². The molecule has 0 bridgehead atoms. The molecule has 2 aliphatic carbocycles. The monoisotopic (exact) mass is 235 g/mol. The fourth-order valence-electron chi connectivity index (χ4n) is 3.26. The smallest absolute Gasteiger partial charge is 0.142 e. The van der Waals surface area contributed by atoms with Gasteiger partial charge in [-0.2, -0.15) is 0 Å². The lowest BCUT2D eigenvalue weighted by atomic mass is 10.0. The number of ketones is 1. The molecule has 3 rings (SSSR count). The van der Waals surface area contributed by atoms with Crippen LogP contribution in [0.4, 0.5) is 0 Å². The minimum absolute atomic E-state index is 0.393. The number of aryl methyl sites for hydroxylation is 1. The molecule has 86 valence electrons. The Hall–Kier alpha value is -0.700. The summed E-state index contributed by atoms with van der Waals surface area (Å²) in [5, 5.41) is 3.09. The summed E-state index contributed by atoms with van der Waals surface area (Å²) in [6.07, 6.45) is 5.82. The van der Waals surface area contributed by atoms with E-state index in [1.54, 1.807) is 11.3 Å². The van der Waals surface area contributed by atoms with Crippen molar-refractivity contribution in [1.82, 2.24) is 4.98 Å². The fourth-order valence-corrected chi connectivity index (χ4v) is 3.87. The summed E-state index contributed by atoms with van der Waals surface area (Å²) >= 11 is 1.64. The largest absolute Gasteiger partial charge is 0.299 e. The second-order valence-electron chi connectivity index (χ2n) is 5.14. The minimum Gasteiger partial charge on any atom is -0.299 e. The highest BCUT2D eigenvalue weighted by Crippen LogP contribution is 2.55. The van der Waals surface area contributed by atoms with E-state index in [0.29, 0.717) is 18.1 Å². The summed E-state index contributed by atoms with van der Waals surface area (Å²) in [6, 6.07) is 0. The Kier molecular flexibility index (Phi) is 2.58. The van der Waals surface area contributed by atoms with Gasteiger partial charge in [-0.3, -0.25) is 4.79 Å². The predicted octanol–water partition coefficient (Wildman–Crippen LogP) is 3.00. The van der Waals surface area contributed by atoms with Crippen LogP contribution in [0.15, 0.2) is 5.38 Å². The van der Waals surface area contributed by atoms with Crippen molar-refractivity contribution in [2.24, 2.45) is 17.8 Å². The quantitative estimate of drug-likeness (QED) is 0.806. The van der Waals surface area contributed by atoms with Crippen molar-refractivity contribution < 1.29 is 4.79 Å². The Morgan fingerprint density at radius 1 is 1.44 bits per heavy atom. The van der Waals surface area contributed by atoms with Gasteiger partial charge >= 0.3 is 0 Å². The zero-order chi connectivity index (χ0) is 11.1. The van der Waals surface area contributed by atoms with Gasteiger partial charge in [-0.25, -0.2) is 4.98 Å². The summed E-state index contributed by atoms with van der Waals surface area (Å²) in [5.41, 5.74) is 0.983. The molecule has 2 saturated carbocycles. The van der Waals surface area contributed by atoms with Crippen LogP contribution in [0.3, 0.4) is 0 Å². The number of hydrogen-bond acceptors (Lipinski definition) is 3. The molecule has 1 aromatic rings. The highest BCUT2D eigenvalue weighted by molar-refractivity contribution is 7.09. The molecule has 0 spiro atoms. The summed E-state index contributed by atoms with van der Waals surface area (Å²) in [4.78, 5) is 16.5. The van der Waals surface area contributed by atoms with Gasteiger partial charge < -0.3 is 0 Å². The first-order valence-corrected chi connectivity index (χ1v) is 7.07. The van der Waals surface area contributed by atoms with Crippen LogP contribution in [0.2, 0.25) is 0 Å². The standard InChI is InChI=1S/C13H17NOS/c1-8-14-9(7-16-8)6-12(15)13-10-4-2-3-5-11(10)13/h7,10-11,13H,2-6H2,1H3. The van der Waals surface area contributed by atoms with E-state index >= 15 is 0 Å².